The molecule has 7 rings (SSSR count). The molecule has 0 spiro atoms. The van der Waals surface area contributed by atoms with Crippen LogP contribution in [0.15, 0.2) is 67.1 Å². The Morgan fingerprint density at radius 2 is 1.90 bits per heavy atom. The molecule has 4 aromatic heterocycles. The van der Waals surface area contributed by atoms with E-state index in [1.807, 2.05) is 41.4 Å². The van der Waals surface area contributed by atoms with Crippen LogP contribution in [0.3, 0.4) is 0 Å². The van der Waals surface area contributed by atoms with E-state index in [4.69, 9.17) is 21.0 Å². The molecule has 5 aromatic rings. The van der Waals surface area contributed by atoms with Crippen LogP contribution >= 0.6 is 0 Å². The van der Waals surface area contributed by atoms with Gasteiger partial charge >= 0.3 is 0 Å². The minimum Gasteiger partial charge on any atom is -0.383 e. The van der Waals surface area contributed by atoms with Crippen molar-refractivity contribution in [1.29, 1.82) is 5.26 Å². The minimum absolute atomic E-state index is 0.324. The van der Waals surface area contributed by atoms with Gasteiger partial charge in [0, 0.05) is 49.5 Å². The first-order chi connectivity index (χ1) is 19.2. The van der Waals surface area contributed by atoms with E-state index in [1.54, 1.807) is 17.1 Å². The summed E-state index contributed by atoms with van der Waals surface area (Å²) in [6.07, 6.45) is 11.6. The number of aromatic nitrogens is 6. The van der Waals surface area contributed by atoms with Crippen LogP contribution in [0.1, 0.15) is 36.4 Å². The molecule has 1 aromatic carbocycles. The third-order valence-electron chi connectivity index (χ3n) is 7.84. The van der Waals surface area contributed by atoms with Crippen molar-refractivity contribution in [2.24, 2.45) is 0 Å². The molecule has 1 aliphatic heterocycles. The largest absolute Gasteiger partial charge is 0.383 e. The first-order valence-corrected chi connectivity index (χ1v) is 13.3. The number of benzene rings is 1. The van der Waals surface area contributed by atoms with Gasteiger partial charge in [0.2, 0.25) is 0 Å². The molecule has 1 saturated heterocycles. The van der Waals surface area contributed by atoms with Crippen LogP contribution in [0.2, 0.25) is 0 Å². The number of piperidine rings is 1. The van der Waals surface area contributed by atoms with Crippen LogP contribution < -0.4 is 11.1 Å². The van der Waals surface area contributed by atoms with Gasteiger partial charge in [-0.1, -0.05) is 6.07 Å². The second-order valence-electron chi connectivity index (χ2n) is 10.2. The molecule has 1 fully saturated rings. The number of imidazole rings is 1. The smallest absolute Gasteiger partial charge is 0.179 e. The predicted molar refractivity (Wildman–Crippen MR) is 148 cm³/mol. The van der Waals surface area contributed by atoms with Gasteiger partial charge in [-0.15, -0.1) is 0 Å². The number of nitrogen functional groups attached to an aromatic ring is 1. The lowest BCUT2D eigenvalue weighted by atomic mass is 10.0. The molecule has 2 aliphatic rings. The normalized spacial score (nSPS) is 17.4. The summed E-state index contributed by atoms with van der Waals surface area (Å²) in [6.45, 7) is 1.66. The Labute approximate surface area is 225 Å². The Bertz CT molecular complexity index is 1690. The number of nitrogens with two attached hydrogens (primary N) is 1. The molecule has 5 heterocycles. The summed E-state index contributed by atoms with van der Waals surface area (Å²) >= 11 is 0. The fourth-order valence-corrected chi connectivity index (χ4v) is 5.86. The maximum atomic E-state index is 9.16. The Morgan fingerprint density at radius 1 is 1.00 bits per heavy atom. The lowest BCUT2D eigenvalue weighted by Gasteiger charge is -2.31. The fraction of sp³-hybridized carbons (Fsp3) is 0.276. The van der Waals surface area contributed by atoms with Gasteiger partial charge < -0.3 is 16.0 Å². The number of anilines is 1. The maximum absolute atomic E-state index is 9.16. The second kappa shape index (κ2) is 9.53. The van der Waals surface area contributed by atoms with E-state index in [0.717, 1.165) is 61.2 Å². The molecule has 0 radical (unpaired) electrons. The van der Waals surface area contributed by atoms with Crippen molar-refractivity contribution in [2.45, 2.75) is 37.8 Å². The van der Waals surface area contributed by atoms with E-state index in [9.17, 15) is 0 Å². The number of pyridine rings is 2. The number of fused-ring (bicyclic) bond motifs is 2. The summed E-state index contributed by atoms with van der Waals surface area (Å²) in [7, 11) is 0. The summed E-state index contributed by atoms with van der Waals surface area (Å²) in [5, 5.41) is 17.4. The Hall–Kier alpha value is -4.75. The number of nitrogens with zero attached hydrogens (tertiary/aromatic N) is 8. The van der Waals surface area contributed by atoms with E-state index >= 15 is 0 Å². The molecule has 194 valence electrons. The van der Waals surface area contributed by atoms with E-state index in [1.165, 1.54) is 11.1 Å². The number of hydrogen-bond donors (Lipinski definition) is 2. The fourth-order valence-electron chi connectivity index (χ4n) is 5.86. The van der Waals surface area contributed by atoms with E-state index < -0.39 is 0 Å². The molecule has 1 unspecified atom stereocenters. The van der Waals surface area contributed by atoms with Crippen molar-refractivity contribution in [2.75, 3.05) is 18.8 Å². The van der Waals surface area contributed by atoms with Crippen molar-refractivity contribution in [3.8, 4) is 29.1 Å². The summed E-state index contributed by atoms with van der Waals surface area (Å²) in [6, 6.07) is 17.0. The second-order valence-corrected chi connectivity index (χ2v) is 10.2. The number of aryl methyl sites for hydroxylation is 1. The highest BCUT2D eigenvalue weighted by Gasteiger charge is 2.28. The van der Waals surface area contributed by atoms with E-state index in [-0.39, 0.29) is 0 Å². The van der Waals surface area contributed by atoms with Crippen LogP contribution in [-0.2, 0) is 6.42 Å². The zero-order valence-electron chi connectivity index (χ0n) is 21.4. The SMILES string of the molecule is N#CN1CCC(NC2CCc3cc(-n4c(-c5cccnc5N)nc5ccc(-n6cccn6)nc54)ccc32)CC1. The number of nitrogens with one attached hydrogen (secondary N) is 1. The van der Waals surface area contributed by atoms with Gasteiger partial charge in [-0.3, -0.25) is 4.57 Å². The van der Waals surface area contributed by atoms with Crippen molar-refractivity contribution < 1.29 is 0 Å². The number of hydrogen-bond acceptors (Lipinski definition) is 8. The number of likely N-dealkylation sites (tertiary alicyclic amines) is 1. The highest BCUT2D eigenvalue weighted by molar-refractivity contribution is 5.83. The maximum Gasteiger partial charge on any atom is 0.179 e. The minimum atomic E-state index is 0.324. The molecule has 0 amide bonds. The Morgan fingerprint density at radius 3 is 2.69 bits per heavy atom. The zero-order chi connectivity index (χ0) is 26.3. The Kier molecular flexibility index (Phi) is 5.71. The standard InChI is InChI=1S/C29H28N10/c30-18-37-15-10-20(11-16-37)34-24-7-4-19-17-21(5-6-22(19)24)39-28(23-3-1-12-32-27(23)31)35-25-8-9-26(36-29(25)39)38-14-2-13-33-38/h1-3,5-6,8-9,12-14,17,20,24,34H,4,7,10-11,15-16H2,(H2,31,32). The molecular formula is C29H28N10. The lowest BCUT2D eigenvalue weighted by molar-refractivity contribution is 0.254. The van der Waals surface area contributed by atoms with Gasteiger partial charge in [-0.05, 0) is 79.3 Å². The molecule has 39 heavy (non-hydrogen) atoms. The van der Waals surface area contributed by atoms with Crippen molar-refractivity contribution in [3.05, 3.63) is 78.2 Å². The van der Waals surface area contributed by atoms with Gasteiger partial charge in [0.15, 0.2) is 23.5 Å². The van der Waals surface area contributed by atoms with E-state index in [0.29, 0.717) is 29.5 Å². The topological polar surface area (TPSA) is 126 Å². The lowest BCUT2D eigenvalue weighted by Crippen LogP contribution is -2.41. The summed E-state index contributed by atoms with van der Waals surface area (Å²) in [5.41, 5.74) is 12.2. The molecule has 1 atom stereocenters. The van der Waals surface area contributed by atoms with Crippen LogP contribution in [0.4, 0.5) is 5.82 Å². The van der Waals surface area contributed by atoms with Gasteiger partial charge in [0.25, 0.3) is 0 Å². The molecule has 10 heteroatoms. The summed E-state index contributed by atoms with van der Waals surface area (Å²) < 4.78 is 3.82. The quantitative estimate of drug-likeness (QED) is 0.338. The van der Waals surface area contributed by atoms with E-state index in [2.05, 4.69) is 44.4 Å². The van der Waals surface area contributed by atoms with Crippen molar-refractivity contribution in [1.82, 2.24) is 39.5 Å². The van der Waals surface area contributed by atoms with Crippen molar-refractivity contribution >= 4 is 17.0 Å². The van der Waals surface area contributed by atoms with Gasteiger partial charge in [-0.25, -0.2) is 19.6 Å². The van der Waals surface area contributed by atoms with Gasteiger partial charge in [0.05, 0.1) is 5.56 Å². The molecule has 10 nitrogen and oxygen atoms in total. The highest BCUT2D eigenvalue weighted by Crippen LogP contribution is 2.36. The first-order valence-electron chi connectivity index (χ1n) is 13.3. The van der Waals surface area contributed by atoms with Crippen LogP contribution in [-0.4, -0.2) is 53.3 Å². The van der Waals surface area contributed by atoms with Crippen molar-refractivity contribution in [3.63, 3.8) is 0 Å². The highest BCUT2D eigenvalue weighted by atomic mass is 15.3. The van der Waals surface area contributed by atoms with Crippen LogP contribution in [0.5, 0.6) is 0 Å². The third kappa shape index (κ3) is 4.17. The van der Waals surface area contributed by atoms with Crippen LogP contribution in [0.25, 0.3) is 34.1 Å². The first kappa shape index (κ1) is 23.4. The molecule has 0 bridgehead atoms. The molecule has 1 aliphatic carbocycles. The number of rotatable bonds is 5. The third-order valence-corrected chi connectivity index (χ3v) is 7.84. The predicted octanol–water partition coefficient (Wildman–Crippen LogP) is 3.77. The molecule has 0 saturated carbocycles. The average molecular weight is 517 g/mol. The average Bonchev–Trinajstić information content (AvgIpc) is 3.72. The molecule has 3 N–H and O–H groups in total. The Balaban J connectivity index is 1.29. The monoisotopic (exact) mass is 516 g/mol. The van der Waals surface area contributed by atoms with Gasteiger partial charge in [-0.2, -0.15) is 10.4 Å². The van der Waals surface area contributed by atoms with Gasteiger partial charge in [0.1, 0.15) is 11.3 Å². The summed E-state index contributed by atoms with van der Waals surface area (Å²) in [5.74, 6) is 1.85. The van der Waals surface area contributed by atoms with Crippen LogP contribution in [0, 0.1) is 11.5 Å². The zero-order valence-corrected chi connectivity index (χ0v) is 21.4. The number of nitriles is 1. The summed E-state index contributed by atoms with van der Waals surface area (Å²) in [4.78, 5) is 16.1. The molecular weight excluding hydrogens is 488 g/mol.